The molecule has 2 nitrogen and oxygen atoms in total. The van der Waals surface area contributed by atoms with Gasteiger partial charge in [0.15, 0.2) is 0 Å². The van der Waals surface area contributed by atoms with E-state index in [0.717, 1.165) is 3.79 Å². The van der Waals surface area contributed by atoms with Crippen molar-refractivity contribution in [3.05, 3.63) is 50.6 Å². The number of phenols is 1. The molecule has 1 N–H and O–H groups in total. The molecule has 0 radical (unpaired) electrons. The first-order valence-corrected chi connectivity index (χ1v) is 5.87. The van der Waals surface area contributed by atoms with Crippen LogP contribution in [-0.4, -0.2) is 10.9 Å². The third-order valence-electron chi connectivity index (χ3n) is 1.93. The van der Waals surface area contributed by atoms with E-state index in [1.807, 2.05) is 6.07 Å². The molecule has 2 rings (SSSR count). The molecule has 0 atom stereocenters. The molecule has 4 heteroatoms. The van der Waals surface area contributed by atoms with E-state index in [1.165, 1.54) is 23.5 Å². The van der Waals surface area contributed by atoms with Crippen LogP contribution in [0.5, 0.6) is 5.75 Å². The molecular formula is C11H7BrO2S. The maximum atomic E-state index is 11.9. The summed E-state index contributed by atoms with van der Waals surface area (Å²) in [6.45, 7) is 0. The van der Waals surface area contributed by atoms with Crippen LogP contribution < -0.4 is 0 Å². The predicted octanol–water partition coefficient (Wildman–Crippen LogP) is 3.45. The molecule has 0 spiro atoms. The van der Waals surface area contributed by atoms with Crippen molar-refractivity contribution in [2.24, 2.45) is 0 Å². The molecule has 0 saturated heterocycles. The fourth-order valence-electron chi connectivity index (χ4n) is 1.19. The third kappa shape index (κ3) is 2.27. The minimum atomic E-state index is -0.0225. The average Bonchev–Trinajstić information content (AvgIpc) is 2.65. The Labute approximate surface area is 99.3 Å². The molecular weight excluding hydrogens is 276 g/mol. The van der Waals surface area contributed by atoms with E-state index in [-0.39, 0.29) is 11.5 Å². The minimum absolute atomic E-state index is 0.0225. The molecule has 0 aliphatic rings. The van der Waals surface area contributed by atoms with E-state index in [4.69, 9.17) is 5.11 Å². The van der Waals surface area contributed by atoms with E-state index >= 15 is 0 Å². The first kappa shape index (κ1) is 10.4. The number of rotatable bonds is 2. The molecule has 0 fully saturated rings. The molecule has 1 heterocycles. The first-order chi connectivity index (χ1) is 7.16. The molecule has 0 amide bonds. The summed E-state index contributed by atoms with van der Waals surface area (Å²) in [5.41, 5.74) is 0.585. The van der Waals surface area contributed by atoms with E-state index in [1.54, 1.807) is 18.2 Å². The normalized spacial score (nSPS) is 10.2. The summed E-state index contributed by atoms with van der Waals surface area (Å²) in [6, 6.07) is 9.88. The van der Waals surface area contributed by atoms with Crippen LogP contribution in [0.1, 0.15) is 15.2 Å². The lowest BCUT2D eigenvalue weighted by atomic mass is 10.1. The Bertz CT molecular complexity index is 488. The Morgan fingerprint density at radius 1 is 1.13 bits per heavy atom. The van der Waals surface area contributed by atoms with Crippen molar-refractivity contribution in [3.8, 4) is 5.75 Å². The highest BCUT2D eigenvalue weighted by Gasteiger charge is 2.10. The van der Waals surface area contributed by atoms with Crippen LogP contribution >= 0.6 is 27.3 Å². The van der Waals surface area contributed by atoms with Gasteiger partial charge in [-0.1, -0.05) is 0 Å². The Balaban J connectivity index is 2.32. The van der Waals surface area contributed by atoms with Gasteiger partial charge in [-0.25, -0.2) is 0 Å². The Kier molecular flexibility index (Phi) is 2.88. The van der Waals surface area contributed by atoms with Crippen LogP contribution in [0.4, 0.5) is 0 Å². The maximum absolute atomic E-state index is 11.9. The number of hydrogen-bond donors (Lipinski definition) is 1. The van der Waals surface area contributed by atoms with Gasteiger partial charge in [0, 0.05) is 5.56 Å². The highest BCUT2D eigenvalue weighted by Crippen LogP contribution is 2.24. The number of carbonyl (C=O) groups excluding carboxylic acids is 1. The summed E-state index contributed by atoms with van der Waals surface area (Å²) in [4.78, 5) is 12.6. The summed E-state index contributed by atoms with van der Waals surface area (Å²) >= 11 is 4.71. The number of thiophene rings is 1. The van der Waals surface area contributed by atoms with Crippen LogP contribution in [0.15, 0.2) is 40.2 Å². The number of ketones is 1. The molecule has 1 aromatic heterocycles. The number of phenolic OH excluding ortho intramolecular Hbond substituents is 1. The highest BCUT2D eigenvalue weighted by molar-refractivity contribution is 9.11. The molecule has 0 bridgehead atoms. The number of carbonyl (C=O) groups is 1. The van der Waals surface area contributed by atoms with Gasteiger partial charge in [-0.2, -0.15) is 0 Å². The largest absolute Gasteiger partial charge is 0.508 e. The van der Waals surface area contributed by atoms with E-state index in [0.29, 0.717) is 10.4 Å². The second kappa shape index (κ2) is 4.16. The molecule has 76 valence electrons. The quantitative estimate of drug-likeness (QED) is 0.857. The summed E-state index contributed by atoms with van der Waals surface area (Å²) < 4.78 is 0.935. The lowest BCUT2D eigenvalue weighted by Gasteiger charge is -1.97. The van der Waals surface area contributed by atoms with Crippen LogP contribution in [-0.2, 0) is 0 Å². The van der Waals surface area contributed by atoms with Crippen LogP contribution in [0.3, 0.4) is 0 Å². The van der Waals surface area contributed by atoms with Gasteiger partial charge in [-0.05, 0) is 52.3 Å². The van der Waals surface area contributed by atoms with Crippen LogP contribution in [0, 0.1) is 0 Å². The van der Waals surface area contributed by atoms with Crippen molar-refractivity contribution >= 4 is 33.0 Å². The summed E-state index contributed by atoms with van der Waals surface area (Å²) in [7, 11) is 0. The lowest BCUT2D eigenvalue weighted by molar-refractivity contribution is 0.104. The van der Waals surface area contributed by atoms with Crippen LogP contribution in [0.2, 0.25) is 0 Å². The Hall–Kier alpha value is -1.13. The van der Waals surface area contributed by atoms with Gasteiger partial charge in [-0.3, -0.25) is 4.79 Å². The fraction of sp³-hybridized carbons (Fsp3) is 0. The molecule has 1 aromatic carbocycles. The standard InChI is InChI=1S/C11H7BrO2S/c12-10-6-5-9(15-10)11(14)7-1-3-8(13)4-2-7/h1-6,13H. The summed E-state index contributed by atoms with van der Waals surface area (Å²) in [6.07, 6.45) is 0. The smallest absolute Gasteiger partial charge is 0.202 e. The fourth-order valence-corrected chi connectivity index (χ4v) is 2.54. The molecule has 0 saturated carbocycles. The molecule has 0 aliphatic heterocycles. The van der Waals surface area contributed by atoms with Crippen molar-refractivity contribution in [3.63, 3.8) is 0 Å². The van der Waals surface area contributed by atoms with Gasteiger partial charge >= 0.3 is 0 Å². The number of hydrogen-bond acceptors (Lipinski definition) is 3. The molecule has 0 unspecified atom stereocenters. The second-order valence-electron chi connectivity index (χ2n) is 2.98. The summed E-state index contributed by atoms with van der Waals surface area (Å²) in [5.74, 6) is 0.143. The van der Waals surface area contributed by atoms with Gasteiger partial charge in [0.2, 0.25) is 5.78 Å². The van der Waals surface area contributed by atoms with Crippen molar-refractivity contribution in [2.45, 2.75) is 0 Å². The number of benzene rings is 1. The van der Waals surface area contributed by atoms with Crippen molar-refractivity contribution in [2.75, 3.05) is 0 Å². The van der Waals surface area contributed by atoms with Gasteiger partial charge in [0.1, 0.15) is 5.75 Å². The van der Waals surface area contributed by atoms with Gasteiger partial charge in [0.05, 0.1) is 8.66 Å². The minimum Gasteiger partial charge on any atom is -0.508 e. The molecule has 2 aromatic rings. The SMILES string of the molecule is O=C(c1ccc(O)cc1)c1ccc(Br)s1. The topological polar surface area (TPSA) is 37.3 Å². The van der Waals surface area contributed by atoms with Gasteiger partial charge in [0.25, 0.3) is 0 Å². The zero-order chi connectivity index (χ0) is 10.8. The van der Waals surface area contributed by atoms with E-state index in [2.05, 4.69) is 15.9 Å². The monoisotopic (exact) mass is 282 g/mol. The highest BCUT2D eigenvalue weighted by atomic mass is 79.9. The third-order valence-corrected chi connectivity index (χ3v) is 3.55. The first-order valence-electron chi connectivity index (χ1n) is 4.26. The predicted molar refractivity (Wildman–Crippen MR) is 63.6 cm³/mol. The van der Waals surface area contributed by atoms with E-state index in [9.17, 15) is 4.79 Å². The average molecular weight is 283 g/mol. The molecule has 15 heavy (non-hydrogen) atoms. The molecule has 0 aliphatic carbocycles. The lowest BCUT2D eigenvalue weighted by Crippen LogP contribution is -1.97. The number of halogens is 1. The van der Waals surface area contributed by atoms with Crippen molar-refractivity contribution in [1.29, 1.82) is 0 Å². The van der Waals surface area contributed by atoms with Crippen molar-refractivity contribution < 1.29 is 9.90 Å². The Morgan fingerprint density at radius 3 is 2.33 bits per heavy atom. The maximum Gasteiger partial charge on any atom is 0.202 e. The zero-order valence-corrected chi connectivity index (χ0v) is 10.0. The number of aromatic hydroxyl groups is 1. The van der Waals surface area contributed by atoms with E-state index < -0.39 is 0 Å². The van der Waals surface area contributed by atoms with Gasteiger partial charge in [-0.15, -0.1) is 11.3 Å². The van der Waals surface area contributed by atoms with Crippen LogP contribution in [0.25, 0.3) is 0 Å². The van der Waals surface area contributed by atoms with Crippen molar-refractivity contribution in [1.82, 2.24) is 0 Å². The van der Waals surface area contributed by atoms with Gasteiger partial charge < -0.3 is 5.11 Å². The summed E-state index contributed by atoms with van der Waals surface area (Å²) in [5, 5.41) is 9.10. The second-order valence-corrected chi connectivity index (χ2v) is 5.44. The zero-order valence-electron chi connectivity index (χ0n) is 7.61. The Morgan fingerprint density at radius 2 is 1.80 bits per heavy atom.